The minimum Gasteiger partial charge on any atom is -0.457 e. The van der Waals surface area contributed by atoms with Crippen LogP contribution >= 0.6 is 36.4 Å². The summed E-state index contributed by atoms with van der Waals surface area (Å²) in [6.07, 6.45) is 6.18. The smallest absolute Gasteiger partial charge is 0.306 e. The standard InChI is InChI=1S/C28H37ClO7.2ClH/c1-6-23(33)35-15-22(32)28(36-24(34)7-2)16(3)12-20-19-9-8-17-13-18(30)10-11-25(17,4)27(19,29)21(31)14-26(20,28)5;;/h10-11,13,16,19-21,31H,6-9,12,14-15H2,1-5H3;2*1H/t16-,19-,20-,21-,25-,26-,27-,28-;;/m0../s1. The number of alkyl halides is 1. The van der Waals surface area contributed by atoms with Gasteiger partial charge < -0.3 is 14.6 Å². The molecule has 7 nitrogen and oxygen atoms in total. The Morgan fingerprint density at radius 3 is 2.34 bits per heavy atom. The average molecular weight is 594 g/mol. The van der Waals surface area contributed by atoms with Crippen molar-refractivity contribution >= 4 is 59.9 Å². The predicted molar refractivity (Wildman–Crippen MR) is 148 cm³/mol. The lowest BCUT2D eigenvalue weighted by Gasteiger charge is -2.64. The molecule has 4 aliphatic carbocycles. The third kappa shape index (κ3) is 4.36. The number of hydrogen-bond acceptors (Lipinski definition) is 7. The van der Waals surface area contributed by atoms with E-state index in [2.05, 4.69) is 0 Å². The Morgan fingerprint density at radius 2 is 1.74 bits per heavy atom. The Morgan fingerprint density at radius 1 is 1.11 bits per heavy atom. The van der Waals surface area contributed by atoms with E-state index in [1.807, 2.05) is 26.8 Å². The molecular weight excluding hydrogens is 555 g/mol. The van der Waals surface area contributed by atoms with Crippen LogP contribution in [0, 0.1) is 28.6 Å². The summed E-state index contributed by atoms with van der Waals surface area (Å²) in [5.41, 5.74) is -2.27. The van der Waals surface area contributed by atoms with Gasteiger partial charge in [-0.2, -0.15) is 0 Å². The normalized spacial score (nSPS) is 40.8. The highest BCUT2D eigenvalue weighted by molar-refractivity contribution is 6.26. The van der Waals surface area contributed by atoms with Gasteiger partial charge in [0.05, 0.1) is 11.0 Å². The van der Waals surface area contributed by atoms with Crippen molar-refractivity contribution in [3.8, 4) is 0 Å². The summed E-state index contributed by atoms with van der Waals surface area (Å²) in [5, 5.41) is 11.8. The van der Waals surface area contributed by atoms with E-state index in [1.165, 1.54) is 6.08 Å². The molecule has 8 atom stereocenters. The number of ether oxygens (including phenoxy) is 2. The first-order valence-corrected chi connectivity index (χ1v) is 13.4. The van der Waals surface area contributed by atoms with Crippen LogP contribution in [0.25, 0.3) is 0 Å². The highest BCUT2D eigenvalue weighted by Crippen LogP contribution is 2.72. The average Bonchev–Trinajstić information content (AvgIpc) is 3.05. The first-order valence-electron chi connectivity index (χ1n) is 13.0. The minimum absolute atomic E-state index is 0. The SMILES string of the molecule is CCC(=O)OCC(=O)[C@@]1(OC(=O)CC)[C@@H](C)C[C@H]2[C@@H]3CCC4=CC(=O)C=C[C@]4(C)[C@@]3(Cl)[C@@H](O)C[C@@]21C.Cl.Cl. The predicted octanol–water partition coefficient (Wildman–Crippen LogP) is 4.93. The summed E-state index contributed by atoms with van der Waals surface area (Å²) < 4.78 is 11.3. The third-order valence-corrected chi connectivity index (χ3v) is 10.7. The number of aliphatic hydroxyl groups is 1. The van der Waals surface area contributed by atoms with Gasteiger partial charge in [0.1, 0.15) is 0 Å². The Hall–Kier alpha value is -1.41. The zero-order chi connectivity index (χ0) is 26.7. The number of esters is 2. The molecule has 0 aromatic carbocycles. The molecule has 0 bridgehead atoms. The molecule has 3 saturated carbocycles. The number of Topliss-reactive ketones (excluding diaryl/α,β-unsaturated/α-hetero) is 1. The maximum Gasteiger partial charge on any atom is 0.306 e. The number of ketones is 2. The fourth-order valence-corrected chi connectivity index (χ4v) is 8.53. The van der Waals surface area contributed by atoms with E-state index < -0.39 is 51.7 Å². The van der Waals surface area contributed by atoms with Gasteiger partial charge >= 0.3 is 11.9 Å². The van der Waals surface area contributed by atoms with Gasteiger partial charge in [-0.25, -0.2) is 0 Å². The van der Waals surface area contributed by atoms with Crippen molar-refractivity contribution in [2.24, 2.45) is 28.6 Å². The summed E-state index contributed by atoms with van der Waals surface area (Å²) >= 11 is 7.48. The van der Waals surface area contributed by atoms with Crippen molar-refractivity contribution < 1.29 is 33.8 Å². The number of hydrogen-bond donors (Lipinski definition) is 1. The van der Waals surface area contributed by atoms with Gasteiger partial charge in [-0.05, 0) is 49.7 Å². The number of allylic oxidation sites excluding steroid dienone is 4. The Labute approximate surface area is 241 Å². The lowest BCUT2D eigenvalue weighted by molar-refractivity contribution is -0.203. The van der Waals surface area contributed by atoms with Crippen molar-refractivity contribution in [1.82, 2.24) is 0 Å². The first kappa shape index (κ1) is 32.8. The number of carbonyl (C=O) groups excluding carboxylic acids is 4. The van der Waals surface area contributed by atoms with E-state index in [1.54, 1.807) is 19.9 Å². The van der Waals surface area contributed by atoms with Gasteiger partial charge in [0.2, 0.25) is 5.78 Å². The zero-order valence-electron chi connectivity index (χ0n) is 22.6. The van der Waals surface area contributed by atoms with Gasteiger partial charge in [0, 0.05) is 29.6 Å². The molecule has 0 spiro atoms. The summed E-state index contributed by atoms with van der Waals surface area (Å²) in [7, 11) is 0. The molecule has 0 aliphatic heterocycles. The van der Waals surface area contributed by atoms with Crippen LogP contribution in [0.5, 0.6) is 0 Å². The Bertz CT molecular complexity index is 1060. The molecule has 0 unspecified atom stereocenters. The van der Waals surface area contributed by atoms with Crippen molar-refractivity contribution in [3.63, 3.8) is 0 Å². The maximum absolute atomic E-state index is 13.9. The summed E-state index contributed by atoms with van der Waals surface area (Å²) in [6, 6.07) is 0. The second-order valence-electron chi connectivity index (χ2n) is 11.4. The first-order chi connectivity index (χ1) is 16.8. The molecule has 0 aromatic rings. The third-order valence-electron chi connectivity index (χ3n) is 9.81. The van der Waals surface area contributed by atoms with Crippen molar-refractivity contribution in [2.75, 3.05) is 6.61 Å². The van der Waals surface area contributed by atoms with Crippen molar-refractivity contribution in [3.05, 3.63) is 23.8 Å². The van der Waals surface area contributed by atoms with Crippen LogP contribution in [0.3, 0.4) is 0 Å². The molecule has 1 N–H and O–H groups in total. The number of rotatable bonds is 6. The molecule has 0 heterocycles. The maximum atomic E-state index is 13.9. The van der Waals surface area contributed by atoms with Crippen LogP contribution < -0.4 is 0 Å². The van der Waals surface area contributed by atoms with E-state index in [0.717, 1.165) is 5.57 Å². The Balaban J connectivity index is 0.00000253. The van der Waals surface area contributed by atoms with E-state index in [9.17, 15) is 24.3 Å². The highest BCUT2D eigenvalue weighted by Gasteiger charge is 2.76. The highest BCUT2D eigenvalue weighted by atomic mass is 35.5. The molecule has 4 aliphatic rings. The van der Waals surface area contributed by atoms with E-state index in [4.69, 9.17) is 21.1 Å². The molecule has 3 fully saturated rings. The topological polar surface area (TPSA) is 107 Å². The van der Waals surface area contributed by atoms with Crippen LogP contribution in [0.15, 0.2) is 23.8 Å². The van der Waals surface area contributed by atoms with Gasteiger partial charge in [-0.3, -0.25) is 19.2 Å². The van der Waals surface area contributed by atoms with Crippen LogP contribution in [0.1, 0.15) is 73.1 Å². The largest absolute Gasteiger partial charge is 0.457 e. The second kappa shape index (κ2) is 11.2. The summed E-state index contributed by atoms with van der Waals surface area (Å²) in [4.78, 5) is 49.5. The lowest BCUT2D eigenvalue weighted by Crippen LogP contribution is -2.69. The van der Waals surface area contributed by atoms with Crippen molar-refractivity contribution in [2.45, 2.75) is 89.7 Å². The lowest BCUT2D eigenvalue weighted by atomic mass is 9.45. The monoisotopic (exact) mass is 592 g/mol. The van der Waals surface area contributed by atoms with Gasteiger partial charge in [0.25, 0.3) is 0 Å². The second-order valence-corrected chi connectivity index (χ2v) is 12.0. The fraction of sp³-hybridized carbons (Fsp3) is 0.714. The molecule has 0 radical (unpaired) electrons. The van der Waals surface area contributed by atoms with E-state index >= 15 is 0 Å². The van der Waals surface area contributed by atoms with Crippen LogP contribution in [-0.4, -0.2) is 51.8 Å². The molecule has 4 rings (SSSR count). The number of halogens is 3. The number of fused-ring (bicyclic) bond motifs is 5. The summed E-state index contributed by atoms with van der Waals surface area (Å²) in [5.74, 6) is -2.24. The number of aliphatic hydroxyl groups excluding tert-OH is 1. The van der Waals surface area contributed by atoms with E-state index in [-0.39, 0.29) is 67.6 Å². The molecule has 38 heavy (non-hydrogen) atoms. The molecule has 10 heteroatoms. The molecule has 214 valence electrons. The van der Waals surface area contributed by atoms with Crippen LogP contribution in [0.2, 0.25) is 0 Å². The van der Waals surface area contributed by atoms with Crippen LogP contribution in [-0.2, 0) is 28.7 Å². The fourth-order valence-electron chi connectivity index (χ4n) is 8.01. The Kier molecular flexibility index (Phi) is 9.69. The minimum atomic E-state index is -1.55. The van der Waals surface area contributed by atoms with Gasteiger partial charge in [0.15, 0.2) is 18.0 Å². The quantitative estimate of drug-likeness (QED) is 0.344. The molecule has 0 amide bonds. The molecule has 0 aromatic heterocycles. The van der Waals surface area contributed by atoms with Crippen LogP contribution in [0.4, 0.5) is 0 Å². The molecular formula is C28H39Cl3O7. The van der Waals surface area contributed by atoms with Gasteiger partial charge in [-0.1, -0.05) is 46.3 Å². The van der Waals surface area contributed by atoms with Crippen molar-refractivity contribution in [1.29, 1.82) is 0 Å². The number of carbonyl (C=O) groups is 4. The van der Waals surface area contributed by atoms with Gasteiger partial charge in [-0.15, -0.1) is 36.4 Å². The zero-order valence-corrected chi connectivity index (χ0v) is 25.0. The molecule has 0 saturated heterocycles. The van der Waals surface area contributed by atoms with E-state index in [0.29, 0.717) is 19.3 Å². The summed E-state index contributed by atoms with van der Waals surface area (Å²) in [6.45, 7) is 8.61.